The predicted octanol–water partition coefficient (Wildman–Crippen LogP) is 3.10. The highest BCUT2D eigenvalue weighted by Gasteiger charge is 2.38. The first kappa shape index (κ1) is 20.8. The van der Waals surface area contributed by atoms with Crippen LogP contribution < -0.4 is 4.74 Å². The minimum absolute atomic E-state index is 0.153. The maximum Gasteiger partial charge on any atom is 0.243 e. The Kier molecular flexibility index (Phi) is 6.42. The molecule has 1 aliphatic heterocycles. The van der Waals surface area contributed by atoms with Crippen LogP contribution in [0.4, 0.5) is 0 Å². The summed E-state index contributed by atoms with van der Waals surface area (Å²) in [6.45, 7) is 2.89. The van der Waals surface area contributed by atoms with E-state index < -0.39 is 25.9 Å². The molecule has 8 heteroatoms. The summed E-state index contributed by atoms with van der Waals surface area (Å²) in [4.78, 5) is 0.372. The molecule has 152 valence electrons. The Labute approximate surface area is 167 Å². The molecule has 1 atom stereocenters. The zero-order valence-electron chi connectivity index (χ0n) is 15.8. The Balaban J connectivity index is 1.79. The van der Waals surface area contributed by atoms with Crippen LogP contribution in [0.15, 0.2) is 64.4 Å². The highest BCUT2D eigenvalue weighted by atomic mass is 32.2. The molecular weight excluding hydrogens is 398 g/mol. The number of sulfone groups is 1. The van der Waals surface area contributed by atoms with Crippen LogP contribution in [0.5, 0.6) is 5.75 Å². The molecule has 3 rings (SSSR count). The van der Waals surface area contributed by atoms with Gasteiger partial charge in [0, 0.05) is 12.6 Å². The van der Waals surface area contributed by atoms with E-state index in [0.717, 1.165) is 6.42 Å². The Morgan fingerprint density at radius 2 is 1.64 bits per heavy atom. The van der Waals surface area contributed by atoms with Gasteiger partial charge in [-0.25, -0.2) is 16.8 Å². The number of hydrogen-bond acceptors (Lipinski definition) is 5. The summed E-state index contributed by atoms with van der Waals surface area (Å²) in [6.07, 6.45) is 2.04. The van der Waals surface area contributed by atoms with Gasteiger partial charge in [-0.15, -0.1) is 0 Å². The van der Waals surface area contributed by atoms with E-state index >= 15 is 0 Å². The predicted molar refractivity (Wildman–Crippen MR) is 108 cm³/mol. The van der Waals surface area contributed by atoms with Gasteiger partial charge in [-0.3, -0.25) is 0 Å². The van der Waals surface area contributed by atoms with Gasteiger partial charge in [0.2, 0.25) is 10.0 Å². The number of rotatable bonds is 8. The van der Waals surface area contributed by atoms with Crippen molar-refractivity contribution in [2.45, 2.75) is 42.0 Å². The molecule has 28 heavy (non-hydrogen) atoms. The van der Waals surface area contributed by atoms with Gasteiger partial charge in [-0.05, 0) is 55.7 Å². The first-order valence-corrected chi connectivity index (χ1v) is 12.5. The molecule has 0 aromatic heterocycles. The fourth-order valence-electron chi connectivity index (χ4n) is 3.33. The van der Waals surface area contributed by atoms with Crippen molar-refractivity contribution < 1.29 is 21.6 Å². The quantitative estimate of drug-likeness (QED) is 0.652. The van der Waals surface area contributed by atoms with Crippen LogP contribution in [0.3, 0.4) is 0 Å². The van der Waals surface area contributed by atoms with E-state index in [1.165, 1.54) is 28.6 Å². The summed E-state index contributed by atoms with van der Waals surface area (Å²) in [7, 11) is -7.33. The van der Waals surface area contributed by atoms with Crippen molar-refractivity contribution in [2.75, 3.05) is 18.9 Å². The smallest absolute Gasteiger partial charge is 0.243 e. The second-order valence-corrected chi connectivity index (χ2v) is 10.8. The van der Waals surface area contributed by atoms with E-state index in [9.17, 15) is 16.8 Å². The maximum absolute atomic E-state index is 13.1. The topological polar surface area (TPSA) is 80.8 Å². The highest BCUT2D eigenvalue weighted by molar-refractivity contribution is 7.91. The minimum Gasteiger partial charge on any atom is -0.494 e. The Morgan fingerprint density at radius 1 is 0.964 bits per heavy atom. The van der Waals surface area contributed by atoms with Crippen molar-refractivity contribution in [3.8, 4) is 5.75 Å². The number of hydrogen-bond donors (Lipinski definition) is 0. The lowest BCUT2D eigenvalue weighted by Crippen LogP contribution is -2.39. The fraction of sp³-hybridized carbons (Fsp3) is 0.400. The lowest BCUT2D eigenvalue weighted by Gasteiger charge is -2.24. The molecule has 2 aromatic rings. The van der Waals surface area contributed by atoms with Crippen LogP contribution in [0.25, 0.3) is 0 Å². The van der Waals surface area contributed by atoms with E-state index in [2.05, 4.69) is 0 Å². The van der Waals surface area contributed by atoms with E-state index in [-0.39, 0.29) is 15.5 Å². The van der Waals surface area contributed by atoms with Crippen LogP contribution in [0, 0.1) is 0 Å². The third-order valence-corrected chi connectivity index (χ3v) is 8.52. The zero-order valence-corrected chi connectivity index (χ0v) is 17.5. The third-order valence-electron chi connectivity index (χ3n) is 4.74. The van der Waals surface area contributed by atoms with Gasteiger partial charge in [-0.1, -0.05) is 25.1 Å². The summed E-state index contributed by atoms with van der Waals surface area (Å²) in [6, 6.07) is 13.9. The number of nitrogens with zero attached hydrogens (tertiary/aromatic N) is 1. The molecule has 0 bridgehead atoms. The van der Waals surface area contributed by atoms with Crippen molar-refractivity contribution in [1.82, 2.24) is 4.31 Å². The molecule has 1 aliphatic rings. The first-order chi connectivity index (χ1) is 13.3. The fourth-order valence-corrected chi connectivity index (χ4v) is 6.74. The van der Waals surface area contributed by atoms with Crippen LogP contribution >= 0.6 is 0 Å². The van der Waals surface area contributed by atoms with Crippen LogP contribution in [0.2, 0.25) is 0 Å². The summed E-state index contributed by atoms with van der Waals surface area (Å²) < 4.78 is 58.4. The molecule has 1 unspecified atom stereocenters. The molecule has 1 saturated heterocycles. The van der Waals surface area contributed by atoms with Crippen LogP contribution in [-0.4, -0.2) is 46.1 Å². The van der Waals surface area contributed by atoms with Crippen molar-refractivity contribution in [2.24, 2.45) is 0 Å². The van der Waals surface area contributed by atoms with Gasteiger partial charge < -0.3 is 4.74 Å². The highest BCUT2D eigenvalue weighted by Crippen LogP contribution is 2.29. The first-order valence-electron chi connectivity index (χ1n) is 9.37. The third kappa shape index (κ3) is 4.56. The number of sulfonamides is 1. The Hall–Kier alpha value is -1.90. The molecule has 0 N–H and O–H groups in total. The largest absolute Gasteiger partial charge is 0.494 e. The van der Waals surface area contributed by atoms with E-state index in [1.54, 1.807) is 30.3 Å². The average molecular weight is 424 g/mol. The monoisotopic (exact) mass is 423 g/mol. The standard InChI is InChI=1S/C20H25NO5S2/c1-2-15-26-18-10-12-20(13-11-18)28(24,25)21-14-6-7-17(21)16-27(22,23)19-8-4-3-5-9-19/h3-5,8-13,17H,2,6-7,14-16H2,1H3. The van der Waals surface area contributed by atoms with E-state index in [4.69, 9.17) is 4.74 Å². The summed E-state index contributed by atoms with van der Waals surface area (Å²) in [5.41, 5.74) is 0. The molecule has 2 aromatic carbocycles. The molecule has 0 radical (unpaired) electrons. The van der Waals surface area contributed by atoms with Gasteiger partial charge in [-0.2, -0.15) is 4.31 Å². The lowest BCUT2D eigenvalue weighted by atomic mass is 10.3. The van der Waals surface area contributed by atoms with Gasteiger partial charge in [0.05, 0.1) is 22.2 Å². The Morgan fingerprint density at radius 3 is 2.29 bits per heavy atom. The van der Waals surface area contributed by atoms with Gasteiger partial charge >= 0.3 is 0 Å². The van der Waals surface area contributed by atoms with Crippen molar-refractivity contribution in [1.29, 1.82) is 0 Å². The van der Waals surface area contributed by atoms with Gasteiger partial charge in [0.1, 0.15) is 5.75 Å². The second-order valence-electron chi connectivity index (χ2n) is 6.83. The van der Waals surface area contributed by atoms with Gasteiger partial charge in [0.15, 0.2) is 9.84 Å². The zero-order chi connectivity index (χ0) is 20.2. The van der Waals surface area contributed by atoms with Gasteiger partial charge in [0.25, 0.3) is 0 Å². The number of ether oxygens (including phenoxy) is 1. The lowest BCUT2D eigenvalue weighted by molar-refractivity contribution is 0.317. The second kappa shape index (κ2) is 8.63. The summed E-state index contributed by atoms with van der Waals surface area (Å²) in [5.74, 6) is 0.402. The molecule has 1 heterocycles. The van der Waals surface area contributed by atoms with Crippen molar-refractivity contribution in [3.05, 3.63) is 54.6 Å². The summed E-state index contributed by atoms with van der Waals surface area (Å²) in [5, 5.41) is 0. The molecule has 1 fully saturated rings. The molecule has 0 saturated carbocycles. The number of benzene rings is 2. The molecular formula is C20H25NO5S2. The van der Waals surface area contributed by atoms with Crippen molar-refractivity contribution >= 4 is 19.9 Å². The molecule has 0 spiro atoms. The maximum atomic E-state index is 13.1. The molecule has 0 aliphatic carbocycles. The molecule has 6 nitrogen and oxygen atoms in total. The van der Waals surface area contributed by atoms with E-state index in [0.29, 0.717) is 31.7 Å². The normalized spacial score (nSPS) is 18.2. The van der Waals surface area contributed by atoms with Crippen LogP contribution in [0.1, 0.15) is 26.2 Å². The van der Waals surface area contributed by atoms with Crippen LogP contribution in [-0.2, 0) is 19.9 Å². The minimum atomic E-state index is -3.77. The van der Waals surface area contributed by atoms with E-state index in [1.807, 2.05) is 6.92 Å². The molecule has 0 amide bonds. The van der Waals surface area contributed by atoms with Crippen molar-refractivity contribution in [3.63, 3.8) is 0 Å². The SMILES string of the molecule is CCCOc1ccc(S(=O)(=O)N2CCCC2CS(=O)(=O)c2ccccc2)cc1. The Bertz CT molecular complexity index is 987. The summed E-state index contributed by atoms with van der Waals surface area (Å²) >= 11 is 0. The average Bonchev–Trinajstić information content (AvgIpc) is 3.15.